The molecule has 0 atom stereocenters. The molecule has 1 N–H and O–H groups in total. The van der Waals surface area contributed by atoms with Gasteiger partial charge in [0.25, 0.3) is 0 Å². The zero-order chi connectivity index (χ0) is 31.1. The number of urea groups is 1. The maximum atomic E-state index is 13.9. The van der Waals surface area contributed by atoms with Gasteiger partial charge in [0, 0.05) is 23.5 Å². The average Bonchev–Trinajstić information content (AvgIpc) is 3.35. The molecule has 0 radical (unpaired) electrons. The molecule has 1 aromatic heterocycles. The normalized spacial score (nSPS) is 16.9. The van der Waals surface area contributed by atoms with Crippen molar-refractivity contribution in [2.45, 2.75) is 44.5 Å². The summed E-state index contributed by atoms with van der Waals surface area (Å²) in [5.74, 6) is 0.704. The third-order valence-corrected chi connectivity index (χ3v) is 8.45. The number of aromatic nitrogens is 3. The van der Waals surface area contributed by atoms with E-state index in [2.05, 4.69) is 25.1 Å². The number of amides is 2. The molecule has 2 heterocycles. The van der Waals surface area contributed by atoms with Gasteiger partial charge in [0.1, 0.15) is 17.9 Å². The number of benzene rings is 3. The van der Waals surface area contributed by atoms with Crippen molar-refractivity contribution in [2.75, 3.05) is 17.2 Å². The number of carbonyl (C=O) groups is 1. The number of nitrogens with one attached hydrogen (secondary N) is 1. The van der Waals surface area contributed by atoms with Crippen molar-refractivity contribution >= 4 is 28.6 Å². The quantitative estimate of drug-likeness (QED) is 0.216. The molecule has 0 unspecified atom stereocenters. The minimum Gasteiger partial charge on any atom is -0.406 e. The Kier molecular flexibility index (Phi) is 7.82. The Morgan fingerprint density at radius 3 is 2.45 bits per heavy atom. The number of rotatable bonds is 7. The first-order valence-corrected chi connectivity index (χ1v) is 15.0. The first-order valence-electron chi connectivity index (χ1n) is 14.0. The van der Waals surface area contributed by atoms with Crippen molar-refractivity contribution in [3.8, 4) is 22.8 Å². The molecule has 44 heavy (non-hydrogen) atoms. The highest BCUT2D eigenvalue weighted by Crippen LogP contribution is 2.46. The van der Waals surface area contributed by atoms with Gasteiger partial charge in [-0.3, -0.25) is 0 Å². The second-order valence-corrected chi connectivity index (χ2v) is 12.0. The summed E-state index contributed by atoms with van der Waals surface area (Å²) in [7, 11) is 0. The SMILES string of the molecule is CC(C)c1cc(F)ccc1N1CCSC1=NC(=O)NC1(c2ccc(-c3ncn(-c4ccc(OC(F)(F)F)cc4)n3)cc2)CC1. The van der Waals surface area contributed by atoms with Crippen LogP contribution in [0.25, 0.3) is 17.1 Å². The van der Waals surface area contributed by atoms with E-state index in [0.29, 0.717) is 23.2 Å². The lowest BCUT2D eigenvalue weighted by molar-refractivity contribution is -0.274. The number of thioether (sulfide) groups is 1. The second kappa shape index (κ2) is 11.6. The number of alkyl halides is 3. The molecule has 0 bridgehead atoms. The van der Waals surface area contributed by atoms with Crippen molar-refractivity contribution in [1.82, 2.24) is 20.1 Å². The van der Waals surface area contributed by atoms with E-state index in [9.17, 15) is 22.4 Å². The third kappa shape index (κ3) is 6.42. The Hall–Kier alpha value is -4.39. The van der Waals surface area contributed by atoms with Crippen molar-refractivity contribution in [1.29, 1.82) is 0 Å². The Balaban J connectivity index is 1.13. The zero-order valence-electron chi connectivity index (χ0n) is 23.8. The maximum absolute atomic E-state index is 13.9. The molecule has 2 amide bonds. The molecule has 0 spiro atoms. The Morgan fingerprint density at radius 1 is 1.07 bits per heavy atom. The van der Waals surface area contributed by atoms with E-state index in [1.54, 1.807) is 6.07 Å². The van der Waals surface area contributed by atoms with Crippen LogP contribution in [0, 0.1) is 5.82 Å². The summed E-state index contributed by atoms with van der Waals surface area (Å²) in [6.45, 7) is 4.69. The van der Waals surface area contributed by atoms with Crippen molar-refractivity contribution in [2.24, 2.45) is 4.99 Å². The largest absolute Gasteiger partial charge is 0.573 e. The fourth-order valence-electron chi connectivity index (χ4n) is 5.14. The van der Waals surface area contributed by atoms with Gasteiger partial charge >= 0.3 is 12.4 Å². The fraction of sp³-hybridized carbons (Fsp3) is 0.290. The maximum Gasteiger partial charge on any atom is 0.573 e. The van der Waals surface area contributed by atoms with Crippen LogP contribution in [0.4, 0.5) is 28.0 Å². The smallest absolute Gasteiger partial charge is 0.406 e. The first-order chi connectivity index (χ1) is 21.0. The highest BCUT2D eigenvalue weighted by atomic mass is 32.2. The summed E-state index contributed by atoms with van der Waals surface area (Å²) < 4.78 is 56.6. The predicted molar refractivity (Wildman–Crippen MR) is 161 cm³/mol. The van der Waals surface area contributed by atoms with Crippen LogP contribution < -0.4 is 15.0 Å². The molecule has 2 aliphatic rings. The van der Waals surface area contributed by atoms with Crippen LogP contribution in [0.15, 0.2) is 78.0 Å². The number of aliphatic imine (C=N–C) groups is 1. The molecular weight excluding hydrogens is 596 g/mol. The average molecular weight is 625 g/mol. The minimum absolute atomic E-state index is 0.108. The van der Waals surface area contributed by atoms with Crippen molar-refractivity contribution in [3.63, 3.8) is 0 Å². The number of hydrogen-bond donors (Lipinski definition) is 1. The lowest BCUT2D eigenvalue weighted by Crippen LogP contribution is -2.34. The summed E-state index contributed by atoms with van der Waals surface area (Å²) in [6, 6.07) is 17.2. The van der Waals surface area contributed by atoms with Gasteiger partial charge in [0.2, 0.25) is 0 Å². The number of hydrogen-bond acceptors (Lipinski definition) is 5. The first kappa shape index (κ1) is 29.7. The van der Waals surface area contributed by atoms with Gasteiger partial charge in [-0.05, 0) is 72.4 Å². The standard InChI is InChI=1S/C31H28F4N6O2S/c1-19(2)25-17-22(32)7-12-26(25)40-15-16-44-29(40)37-28(42)38-30(13-14-30)21-5-3-20(4-6-21)27-36-18-41(39-27)23-8-10-24(11-9-23)43-31(33,34)35/h3-12,17-19H,13-16H2,1-2H3,(H,38,42). The van der Waals surface area contributed by atoms with E-state index >= 15 is 0 Å². The lowest BCUT2D eigenvalue weighted by Gasteiger charge is -2.23. The Bertz CT molecular complexity index is 1700. The zero-order valence-corrected chi connectivity index (χ0v) is 24.6. The van der Waals surface area contributed by atoms with E-state index < -0.39 is 17.9 Å². The highest BCUT2D eigenvalue weighted by molar-refractivity contribution is 8.14. The number of nitrogens with zero attached hydrogens (tertiary/aromatic N) is 5. The number of amidine groups is 1. The van der Waals surface area contributed by atoms with Gasteiger partial charge < -0.3 is 15.0 Å². The molecule has 4 aromatic rings. The molecule has 1 aliphatic heterocycles. The summed E-state index contributed by atoms with van der Waals surface area (Å²) in [5.41, 5.74) is 3.41. The molecule has 1 aliphatic carbocycles. The number of halogens is 4. The topological polar surface area (TPSA) is 84.6 Å². The van der Waals surface area contributed by atoms with Crippen LogP contribution >= 0.6 is 11.8 Å². The third-order valence-electron chi connectivity index (χ3n) is 7.50. The molecule has 1 saturated heterocycles. The van der Waals surface area contributed by atoms with Crippen LogP contribution in [0.2, 0.25) is 0 Å². The van der Waals surface area contributed by atoms with Crippen molar-refractivity contribution < 1.29 is 27.1 Å². The van der Waals surface area contributed by atoms with Gasteiger partial charge in [-0.1, -0.05) is 49.9 Å². The van der Waals surface area contributed by atoms with Crippen LogP contribution in [0.5, 0.6) is 5.75 Å². The molecule has 3 aromatic carbocycles. The summed E-state index contributed by atoms with van der Waals surface area (Å²) in [6.07, 6.45) is -1.74. The van der Waals surface area contributed by atoms with E-state index in [0.717, 1.165) is 41.0 Å². The minimum atomic E-state index is -4.76. The molecule has 8 nitrogen and oxygen atoms in total. The van der Waals surface area contributed by atoms with Gasteiger partial charge in [-0.25, -0.2) is 18.9 Å². The van der Waals surface area contributed by atoms with Gasteiger partial charge in [0.05, 0.1) is 11.2 Å². The van der Waals surface area contributed by atoms with E-state index in [-0.39, 0.29) is 17.5 Å². The van der Waals surface area contributed by atoms with E-state index in [1.807, 2.05) is 43.0 Å². The van der Waals surface area contributed by atoms with Crippen molar-refractivity contribution in [3.05, 3.63) is 90.0 Å². The Morgan fingerprint density at radius 2 is 1.80 bits per heavy atom. The fourth-order valence-corrected chi connectivity index (χ4v) is 6.09. The van der Waals surface area contributed by atoms with E-state index in [1.165, 1.54) is 59.2 Å². The number of ether oxygens (including phenoxy) is 1. The summed E-state index contributed by atoms with van der Waals surface area (Å²) in [4.78, 5) is 23.8. The van der Waals surface area contributed by atoms with Gasteiger partial charge in [-0.2, -0.15) is 4.99 Å². The molecule has 6 rings (SSSR count). The van der Waals surface area contributed by atoms with Crippen LogP contribution in [-0.4, -0.2) is 44.6 Å². The molecule has 13 heteroatoms. The number of carbonyl (C=O) groups excluding carboxylic acids is 1. The van der Waals surface area contributed by atoms with E-state index in [4.69, 9.17) is 0 Å². The molecule has 228 valence electrons. The summed E-state index contributed by atoms with van der Waals surface area (Å²) >= 11 is 1.50. The van der Waals surface area contributed by atoms with Crippen LogP contribution in [0.3, 0.4) is 0 Å². The van der Waals surface area contributed by atoms with Gasteiger partial charge in [0.15, 0.2) is 11.0 Å². The highest BCUT2D eigenvalue weighted by Gasteiger charge is 2.46. The second-order valence-electron chi connectivity index (χ2n) is 10.9. The van der Waals surface area contributed by atoms with Crippen LogP contribution in [0.1, 0.15) is 43.7 Å². The molecule has 2 fully saturated rings. The van der Waals surface area contributed by atoms with Crippen LogP contribution in [-0.2, 0) is 5.54 Å². The monoisotopic (exact) mass is 624 g/mol. The Labute approximate surface area is 255 Å². The predicted octanol–water partition coefficient (Wildman–Crippen LogP) is 7.40. The number of anilines is 1. The van der Waals surface area contributed by atoms with Gasteiger partial charge in [-0.15, -0.1) is 18.3 Å². The lowest BCUT2D eigenvalue weighted by atomic mass is 10.0. The molecular formula is C31H28F4N6O2S. The molecule has 1 saturated carbocycles. The summed E-state index contributed by atoms with van der Waals surface area (Å²) in [5, 5.41) is 8.13.